The van der Waals surface area contributed by atoms with Crippen LogP contribution in [0.15, 0.2) is 24.3 Å². The number of hydrogen-bond donors (Lipinski definition) is 2. The minimum absolute atomic E-state index is 0.0179. The Bertz CT molecular complexity index is 757. The minimum atomic E-state index is -1.12. The maximum atomic E-state index is 13.2. The first-order valence-electron chi connectivity index (χ1n) is 8.25. The van der Waals surface area contributed by atoms with Crippen LogP contribution in [0.2, 0.25) is 0 Å². The van der Waals surface area contributed by atoms with Gasteiger partial charge in [-0.25, -0.2) is 4.39 Å². The summed E-state index contributed by atoms with van der Waals surface area (Å²) in [5.74, 6) is -0.0734. The summed E-state index contributed by atoms with van der Waals surface area (Å²) < 4.78 is 18.7. The zero-order valence-corrected chi connectivity index (χ0v) is 14.4. The summed E-state index contributed by atoms with van der Waals surface area (Å²) in [4.78, 5) is 14.1. The van der Waals surface area contributed by atoms with E-state index < -0.39 is 11.4 Å². The van der Waals surface area contributed by atoms with Crippen LogP contribution in [0.3, 0.4) is 0 Å². The number of aromatic nitrogens is 2. The SMILES string of the molecule is Cc1n[nH]c(C)c1CC(=O)N1CCC(O)(COc2cccc(F)c2)C1. The number of aliphatic hydroxyl groups is 1. The summed E-state index contributed by atoms with van der Waals surface area (Å²) in [5, 5.41) is 17.6. The maximum absolute atomic E-state index is 13.2. The van der Waals surface area contributed by atoms with Crippen molar-refractivity contribution >= 4 is 5.91 Å². The molecule has 0 bridgehead atoms. The number of aromatic amines is 1. The van der Waals surface area contributed by atoms with Gasteiger partial charge in [0.05, 0.1) is 18.7 Å². The first-order chi connectivity index (χ1) is 11.9. The van der Waals surface area contributed by atoms with Gasteiger partial charge in [0.25, 0.3) is 0 Å². The zero-order valence-electron chi connectivity index (χ0n) is 14.4. The summed E-state index contributed by atoms with van der Waals surface area (Å²) >= 11 is 0. The third-order valence-corrected chi connectivity index (χ3v) is 4.60. The number of β-amino-alcohol motifs (C(OH)–C–C–N with tert-alkyl or cyclic N) is 1. The average molecular weight is 347 g/mol. The normalized spacial score (nSPS) is 20.1. The number of carbonyl (C=O) groups is 1. The Balaban J connectivity index is 1.57. The lowest BCUT2D eigenvalue weighted by atomic mass is 10.1. The molecule has 1 atom stereocenters. The van der Waals surface area contributed by atoms with Gasteiger partial charge in [0.1, 0.15) is 23.8 Å². The van der Waals surface area contributed by atoms with E-state index >= 15 is 0 Å². The third-order valence-electron chi connectivity index (χ3n) is 4.60. The van der Waals surface area contributed by atoms with E-state index in [2.05, 4.69) is 10.2 Å². The van der Waals surface area contributed by atoms with Crippen molar-refractivity contribution in [1.29, 1.82) is 0 Å². The fourth-order valence-electron chi connectivity index (χ4n) is 3.06. The Kier molecular flexibility index (Phi) is 4.76. The number of halogens is 1. The predicted octanol–water partition coefficient (Wildman–Crippen LogP) is 1.75. The van der Waals surface area contributed by atoms with Gasteiger partial charge < -0.3 is 14.7 Å². The second-order valence-corrected chi connectivity index (χ2v) is 6.63. The second-order valence-electron chi connectivity index (χ2n) is 6.63. The van der Waals surface area contributed by atoms with Crippen molar-refractivity contribution < 1.29 is 19.0 Å². The van der Waals surface area contributed by atoms with Crippen LogP contribution in [-0.4, -0.2) is 51.4 Å². The number of likely N-dealkylation sites (tertiary alicyclic amines) is 1. The molecule has 25 heavy (non-hydrogen) atoms. The standard InChI is InChI=1S/C18H22FN3O3/c1-12-16(13(2)21-20-12)9-17(23)22-7-6-18(24,10-22)11-25-15-5-3-4-14(19)8-15/h3-5,8,24H,6-7,9-11H2,1-2H3,(H,20,21). The number of hydrogen-bond acceptors (Lipinski definition) is 4. The number of benzene rings is 1. The number of rotatable bonds is 5. The van der Waals surface area contributed by atoms with Crippen LogP contribution in [0.5, 0.6) is 5.75 Å². The van der Waals surface area contributed by atoms with Crippen molar-refractivity contribution in [1.82, 2.24) is 15.1 Å². The van der Waals surface area contributed by atoms with E-state index in [1.165, 1.54) is 12.1 Å². The Hall–Kier alpha value is -2.41. The molecule has 7 heteroatoms. The molecule has 134 valence electrons. The summed E-state index contributed by atoms with van der Waals surface area (Å²) in [6, 6.07) is 5.78. The number of carbonyl (C=O) groups excluding carboxylic acids is 1. The molecule has 0 radical (unpaired) electrons. The van der Waals surface area contributed by atoms with Gasteiger partial charge in [0, 0.05) is 23.9 Å². The molecule has 0 spiro atoms. The number of ether oxygens (including phenoxy) is 1. The highest BCUT2D eigenvalue weighted by Crippen LogP contribution is 2.24. The van der Waals surface area contributed by atoms with Crippen LogP contribution >= 0.6 is 0 Å². The molecule has 2 heterocycles. The highest BCUT2D eigenvalue weighted by molar-refractivity contribution is 5.79. The first kappa shape index (κ1) is 17.4. The van der Waals surface area contributed by atoms with E-state index in [1.54, 1.807) is 17.0 Å². The van der Waals surface area contributed by atoms with Crippen LogP contribution in [0.25, 0.3) is 0 Å². The molecule has 1 unspecified atom stereocenters. The maximum Gasteiger partial charge on any atom is 0.227 e. The fraction of sp³-hybridized carbons (Fsp3) is 0.444. The van der Waals surface area contributed by atoms with Crippen molar-refractivity contribution in [2.24, 2.45) is 0 Å². The van der Waals surface area contributed by atoms with E-state index in [9.17, 15) is 14.3 Å². The lowest BCUT2D eigenvalue weighted by molar-refractivity contribution is -0.130. The quantitative estimate of drug-likeness (QED) is 0.864. The third kappa shape index (κ3) is 3.99. The average Bonchev–Trinajstić information content (AvgIpc) is 3.11. The van der Waals surface area contributed by atoms with Gasteiger partial charge in [-0.3, -0.25) is 9.89 Å². The molecule has 2 aromatic rings. The van der Waals surface area contributed by atoms with Crippen molar-refractivity contribution in [3.05, 3.63) is 47.0 Å². The lowest BCUT2D eigenvalue weighted by Gasteiger charge is -2.23. The van der Waals surface area contributed by atoms with Crippen LogP contribution in [0.1, 0.15) is 23.4 Å². The monoisotopic (exact) mass is 347 g/mol. The molecular formula is C18H22FN3O3. The van der Waals surface area contributed by atoms with Crippen LogP contribution in [-0.2, 0) is 11.2 Å². The lowest BCUT2D eigenvalue weighted by Crippen LogP contribution is -2.41. The largest absolute Gasteiger partial charge is 0.490 e. The Morgan fingerprint density at radius 2 is 2.28 bits per heavy atom. The topological polar surface area (TPSA) is 78.5 Å². The van der Waals surface area contributed by atoms with Gasteiger partial charge in [0.2, 0.25) is 5.91 Å². The Labute approximate surface area is 145 Å². The molecule has 1 amide bonds. The van der Waals surface area contributed by atoms with Gasteiger partial charge in [-0.15, -0.1) is 0 Å². The Morgan fingerprint density at radius 1 is 1.48 bits per heavy atom. The van der Waals surface area contributed by atoms with Crippen molar-refractivity contribution in [2.45, 2.75) is 32.3 Å². The molecule has 2 N–H and O–H groups in total. The number of aryl methyl sites for hydroxylation is 2. The van der Waals surface area contributed by atoms with Gasteiger partial charge >= 0.3 is 0 Å². The smallest absolute Gasteiger partial charge is 0.227 e. The van der Waals surface area contributed by atoms with Crippen molar-refractivity contribution in [3.8, 4) is 5.75 Å². The fourth-order valence-corrected chi connectivity index (χ4v) is 3.06. The van der Waals surface area contributed by atoms with Gasteiger partial charge in [0.15, 0.2) is 0 Å². The molecule has 1 aromatic heterocycles. The number of nitrogens with one attached hydrogen (secondary N) is 1. The summed E-state index contributed by atoms with van der Waals surface area (Å²) in [5.41, 5.74) is 1.48. The molecule has 1 saturated heterocycles. The molecule has 6 nitrogen and oxygen atoms in total. The van der Waals surface area contributed by atoms with E-state index in [-0.39, 0.29) is 25.5 Å². The first-order valence-corrected chi connectivity index (χ1v) is 8.25. The van der Waals surface area contributed by atoms with E-state index in [0.29, 0.717) is 18.7 Å². The summed E-state index contributed by atoms with van der Waals surface area (Å²) in [7, 11) is 0. The molecule has 0 saturated carbocycles. The second kappa shape index (κ2) is 6.84. The number of amides is 1. The minimum Gasteiger partial charge on any atom is -0.490 e. The molecule has 1 fully saturated rings. The van der Waals surface area contributed by atoms with Crippen molar-refractivity contribution in [2.75, 3.05) is 19.7 Å². The van der Waals surface area contributed by atoms with Crippen LogP contribution < -0.4 is 4.74 Å². The van der Waals surface area contributed by atoms with E-state index in [1.807, 2.05) is 13.8 Å². The molecule has 1 aliphatic heterocycles. The van der Waals surface area contributed by atoms with Crippen molar-refractivity contribution in [3.63, 3.8) is 0 Å². The number of nitrogens with zero attached hydrogens (tertiary/aromatic N) is 2. The highest BCUT2D eigenvalue weighted by atomic mass is 19.1. The van der Waals surface area contributed by atoms with Gasteiger partial charge in [-0.2, -0.15) is 5.10 Å². The van der Waals surface area contributed by atoms with E-state index in [0.717, 1.165) is 17.0 Å². The Morgan fingerprint density at radius 3 is 2.96 bits per heavy atom. The molecule has 0 aliphatic carbocycles. The number of H-pyrrole nitrogens is 1. The van der Waals surface area contributed by atoms with E-state index in [4.69, 9.17) is 4.74 Å². The summed E-state index contributed by atoms with van der Waals surface area (Å²) in [6.45, 7) is 4.44. The van der Waals surface area contributed by atoms with Crippen LogP contribution in [0.4, 0.5) is 4.39 Å². The van der Waals surface area contributed by atoms with Crippen LogP contribution in [0, 0.1) is 19.7 Å². The highest BCUT2D eigenvalue weighted by Gasteiger charge is 2.39. The summed E-state index contributed by atoms with van der Waals surface area (Å²) in [6.07, 6.45) is 0.687. The molecule has 1 aromatic carbocycles. The molecule has 1 aliphatic rings. The predicted molar refractivity (Wildman–Crippen MR) is 89.8 cm³/mol. The van der Waals surface area contributed by atoms with Gasteiger partial charge in [-0.1, -0.05) is 6.07 Å². The van der Waals surface area contributed by atoms with Gasteiger partial charge in [-0.05, 0) is 32.4 Å². The molecule has 3 rings (SSSR count). The zero-order chi connectivity index (χ0) is 18.0. The molecular weight excluding hydrogens is 325 g/mol.